The van der Waals surface area contributed by atoms with E-state index in [1.165, 1.54) is 25.7 Å². The minimum Gasteiger partial charge on any atom is -0.271 e. The van der Waals surface area contributed by atoms with Crippen LogP contribution in [-0.4, -0.2) is 20.8 Å². The molecule has 3 rings (SSSR count). The van der Waals surface area contributed by atoms with Crippen molar-refractivity contribution in [3.63, 3.8) is 0 Å². The lowest BCUT2D eigenvalue weighted by Crippen LogP contribution is -2.40. The standard InChI is InChI=1S/C14H25N5/c1-9(2)19-13(16-8-17-19)7-12(18-15)14-10-5-3-4-6-11(10)14/h8-12,14,18H,3-7,15H2,1-2H3. The van der Waals surface area contributed by atoms with Crippen LogP contribution in [0.5, 0.6) is 0 Å². The summed E-state index contributed by atoms with van der Waals surface area (Å²) in [6.07, 6.45) is 8.14. The molecule has 106 valence electrons. The van der Waals surface area contributed by atoms with Crippen LogP contribution in [-0.2, 0) is 6.42 Å². The van der Waals surface area contributed by atoms with Crippen molar-refractivity contribution in [2.75, 3.05) is 0 Å². The largest absolute Gasteiger partial charge is 0.271 e. The topological polar surface area (TPSA) is 68.8 Å². The maximum Gasteiger partial charge on any atom is 0.138 e. The van der Waals surface area contributed by atoms with E-state index >= 15 is 0 Å². The van der Waals surface area contributed by atoms with Crippen LogP contribution in [0.2, 0.25) is 0 Å². The van der Waals surface area contributed by atoms with Crippen LogP contribution in [0.25, 0.3) is 0 Å². The Bertz CT molecular complexity index is 415. The Morgan fingerprint density at radius 1 is 1.37 bits per heavy atom. The van der Waals surface area contributed by atoms with Gasteiger partial charge >= 0.3 is 0 Å². The van der Waals surface area contributed by atoms with Gasteiger partial charge in [-0.1, -0.05) is 12.8 Å². The number of aromatic nitrogens is 3. The third-order valence-corrected chi connectivity index (χ3v) is 4.94. The molecule has 5 nitrogen and oxygen atoms in total. The lowest BCUT2D eigenvalue weighted by molar-refractivity contribution is 0.409. The smallest absolute Gasteiger partial charge is 0.138 e. The molecular weight excluding hydrogens is 238 g/mol. The predicted octanol–water partition coefficient (Wildman–Crippen LogP) is 1.67. The lowest BCUT2D eigenvalue weighted by Gasteiger charge is -2.17. The maximum absolute atomic E-state index is 5.80. The molecule has 0 saturated heterocycles. The van der Waals surface area contributed by atoms with Crippen LogP contribution in [0.1, 0.15) is 51.4 Å². The summed E-state index contributed by atoms with van der Waals surface area (Å²) in [7, 11) is 0. The molecule has 1 aromatic rings. The first-order valence-electron chi connectivity index (χ1n) is 7.57. The van der Waals surface area contributed by atoms with Gasteiger partial charge in [0.2, 0.25) is 0 Å². The number of nitrogens with two attached hydrogens (primary N) is 1. The fourth-order valence-corrected chi connectivity index (χ4v) is 4.00. The number of hydrogen-bond donors (Lipinski definition) is 2. The second-order valence-corrected chi connectivity index (χ2v) is 6.38. The van der Waals surface area contributed by atoms with Crippen LogP contribution in [0.4, 0.5) is 0 Å². The summed E-state index contributed by atoms with van der Waals surface area (Å²) in [4.78, 5) is 4.41. The van der Waals surface area contributed by atoms with Crippen LogP contribution in [0.3, 0.4) is 0 Å². The summed E-state index contributed by atoms with van der Waals surface area (Å²) in [6.45, 7) is 4.28. The van der Waals surface area contributed by atoms with E-state index < -0.39 is 0 Å². The molecule has 3 unspecified atom stereocenters. The van der Waals surface area contributed by atoms with E-state index in [2.05, 4.69) is 29.4 Å². The second kappa shape index (κ2) is 5.21. The molecule has 5 heteroatoms. The zero-order valence-electron chi connectivity index (χ0n) is 11.9. The Labute approximate surface area is 114 Å². The maximum atomic E-state index is 5.80. The van der Waals surface area contributed by atoms with Gasteiger partial charge < -0.3 is 0 Å². The Hall–Kier alpha value is -0.940. The molecule has 3 atom stereocenters. The molecule has 1 aromatic heterocycles. The third kappa shape index (κ3) is 2.41. The van der Waals surface area contributed by atoms with Gasteiger partial charge in [0.05, 0.1) is 0 Å². The van der Waals surface area contributed by atoms with Crippen LogP contribution in [0, 0.1) is 17.8 Å². The Balaban J connectivity index is 1.68. The molecule has 2 aliphatic carbocycles. The normalized spacial score (nSPS) is 31.3. The highest BCUT2D eigenvalue weighted by molar-refractivity contribution is 5.07. The predicted molar refractivity (Wildman–Crippen MR) is 74.2 cm³/mol. The minimum absolute atomic E-state index is 0.356. The van der Waals surface area contributed by atoms with Crippen molar-refractivity contribution in [3.05, 3.63) is 12.2 Å². The van der Waals surface area contributed by atoms with Crippen molar-refractivity contribution in [2.24, 2.45) is 23.6 Å². The zero-order valence-corrected chi connectivity index (χ0v) is 11.9. The summed E-state index contributed by atoms with van der Waals surface area (Å²) in [6, 6.07) is 0.715. The number of fused-ring (bicyclic) bond motifs is 1. The number of hydrogen-bond acceptors (Lipinski definition) is 4. The number of rotatable bonds is 5. The van der Waals surface area contributed by atoms with Crippen molar-refractivity contribution in [1.82, 2.24) is 20.2 Å². The van der Waals surface area contributed by atoms with Crippen LogP contribution < -0.4 is 11.3 Å². The molecule has 0 radical (unpaired) electrons. The number of nitrogens with one attached hydrogen (secondary N) is 1. The van der Waals surface area contributed by atoms with E-state index in [1.807, 2.05) is 4.68 Å². The van der Waals surface area contributed by atoms with Gasteiger partial charge in [0, 0.05) is 18.5 Å². The van der Waals surface area contributed by atoms with Gasteiger partial charge in [-0.05, 0) is 44.4 Å². The van der Waals surface area contributed by atoms with E-state index in [0.717, 1.165) is 30.0 Å². The molecule has 0 spiro atoms. The summed E-state index contributed by atoms with van der Waals surface area (Å²) >= 11 is 0. The Kier molecular flexibility index (Phi) is 3.58. The average molecular weight is 263 g/mol. The Morgan fingerprint density at radius 2 is 2.05 bits per heavy atom. The van der Waals surface area contributed by atoms with Gasteiger partial charge in [-0.25, -0.2) is 9.67 Å². The van der Waals surface area contributed by atoms with Gasteiger partial charge in [0.25, 0.3) is 0 Å². The second-order valence-electron chi connectivity index (χ2n) is 6.38. The molecule has 19 heavy (non-hydrogen) atoms. The molecule has 0 bridgehead atoms. The molecule has 3 N–H and O–H groups in total. The van der Waals surface area contributed by atoms with E-state index in [9.17, 15) is 0 Å². The van der Waals surface area contributed by atoms with Gasteiger partial charge in [0.15, 0.2) is 0 Å². The van der Waals surface area contributed by atoms with E-state index in [4.69, 9.17) is 5.84 Å². The summed E-state index contributed by atoms with van der Waals surface area (Å²) in [5.74, 6) is 9.43. The molecule has 0 aliphatic heterocycles. The number of nitrogens with zero attached hydrogens (tertiary/aromatic N) is 3. The molecular formula is C14H25N5. The molecule has 2 aliphatic rings. The minimum atomic E-state index is 0.356. The average Bonchev–Trinajstić information content (AvgIpc) is 2.94. The lowest BCUT2D eigenvalue weighted by atomic mass is 10.0. The molecule has 2 fully saturated rings. The monoisotopic (exact) mass is 263 g/mol. The molecule has 1 heterocycles. The zero-order chi connectivity index (χ0) is 13.4. The first kappa shape index (κ1) is 13.1. The highest BCUT2D eigenvalue weighted by atomic mass is 15.3. The van der Waals surface area contributed by atoms with Crippen molar-refractivity contribution >= 4 is 0 Å². The summed E-state index contributed by atoms with van der Waals surface area (Å²) in [5.41, 5.74) is 3.04. The van der Waals surface area contributed by atoms with Crippen LogP contribution in [0.15, 0.2) is 6.33 Å². The molecule has 0 amide bonds. The van der Waals surface area contributed by atoms with E-state index in [0.29, 0.717) is 12.1 Å². The first-order chi connectivity index (χ1) is 9.22. The van der Waals surface area contributed by atoms with Crippen molar-refractivity contribution in [1.29, 1.82) is 0 Å². The van der Waals surface area contributed by atoms with E-state index in [-0.39, 0.29) is 0 Å². The quantitative estimate of drug-likeness (QED) is 0.626. The van der Waals surface area contributed by atoms with Crippen molar-refractivity contribution in [2.45, 2.75) is 58.0 Å². The summed E-state index contributed by atoms with van der Waals surface area (Å²) in [5, 5.41) is 4.31. The fourth-order valence-electron chi connectivity index (χ4n) is 4.00. The first-order valence-corrected chi connectivity index (χ1v) is 7.57. The van der Waals surface area contributed by atoms with Gasteiger partial charge in [-0.2, -0.15) is 5.10 Å². The van der Waals surface area contributed by atoms with Gasteiger partial charge in [0.1, 0.15) is 12.2 Å². The van der Waals surface area contributed by atoms with Crippen molar-refractivity contribution in [3.8, 4) is 0 Å². The van der Waals surface area contributed by atoms with Crippen molar-refractivity contribution < 1.29 is 0 Å². The SMILES string of the molecule is CC(C)n1ncnc1CC(NN)C1C2CCCCC21. The fraction of sp³-hybridized carbons (Fsp3) is 0.857. The van der Waals surface area contributed by atoms with Crippen LogP contribution >= 0.6 is 0 Å². The third-order valence-electron chi connectivity index (χ3n) is 4.94. The summed E-state index contributed by atoms with van der Waals surface area (Å²) < 4.78 is 2.01. The van der Waals surface area contributed by atoms with E-state index in [1.54, 1.807) is 6.33 Å². The number of hydrazine groups is 1. The molecule has 2 saturated carbocycles. The highest BCUT2D eigenvalue weighted by Gasteiger charge is 2.53. The van der Waals surface area contributed by atoms with Gasteiger partial charge in [-0.3, -0.25) is 11.3 Å². The molecule has 0 aromatic carbocycles. The highest BCUT2D eigenvalue weighted by Crippen LogP contribution is 2.57. The van der Waals surface area contributed by atoms with Gasteiger partial charge in [-0.15, -0.1) is 0 Å². The Morgan fingerprint density at radius 3 is 2.63 bits per heavy atom.